The molecule has 0 aliphatic rings. The molecule has 4 rings (SSSR count). The molecule has 0 fully saturated rings. The Morgan fingerprint density at radius 3 is 2.69 bits per heavy atom. The Balaban J connectivity index is 1.88. The van der Waals surface area contributed by atoms with Crippen molar-refractivity contribution in [2.45, 2.75) is 13.1 Å². The number of aromatic nitrogens is 4. The van der Waals surface area contributed by atoms with Gasteiger partial charge in [0.15, 0.2) is 0 Å². The molecular weight excluding hydrogens is 385 g/mol. The van der Waals surface area contributed by atoms with Crippen molar-refractivity contribution in [1.82, 2.24) is 19.1 Å². The first-order chi connectivity index (χ1) is 12.5. The minimum atomic E-state index is -2.79. The van der Waals surface area contributed by atoms with E-state index in [1.807, 2.05) is 0 Å². The van der Waals surface area contributed by atoms with Crippen molar-refractivity contribution in [2.24, 2.45) is 0 Å². The van der Waals surface area contributed by atoms with Crippen molar-refractivity contribution >= 4 is 45.1 Å². The van der Waals surface area contributed by atoms with E-state index in [1.54, 1.807) is 24.3 Å². The highest BCUT2D eigenvalue weighted by atomic mass is 35.5. The smallest absolute Gasteiger partial charge is 0.291 e. The molecule has 0 unspecified atom stereocenters. The number of hydrogen-bond donors (Lipinski definition) is 0. The molecule has 5 nitrogen and oxygen atoms in total. The van der Waals surface area contributed by atoms with Gasteiger partial charge >= 0.3 is 6.55 Å². The summed E-state index contributed by atoms with van der Waals surface area (Å²) in [6.07, 6.45) is 1.26. The highest BCUT2D eigenvalue weighted by Gasteiger charge is 2.19. The maximum absolute atomic E-state index is 13.5. The third-order valence-electron chi connectivity index (χ3n) is 4.02. The monoisotopic (exact) mass is 394 g/mol. The normalized spacial score (nSPS) is 11.7. The number of alkyl halides is 2. The number of fused-ring (bicyclic) bond motifs is 2. The lowest BCUT2D eigenvalue weighted by molar-refractivity contribution is 0.0711. The first-order valence-electron chi connectivity index (χ1n) is 7.54. The Hall–Kier alpha value is -2.51. The number of rotatable bonds is 3. The van der Waals surface area contributed by atoms with Gasteiger partial charge in [-0.1, -0.05) is 35.3 Å². The molecule has 9 heteroatoms. The molecule has 0 atom stereocenters. The number of hydrogen-bond acceptors (Lipinski definition) is 3. The first-order valence-corrected chi connectivity index (χ1v) is 8.29. The van der Waals surface area contributed by atoms with E-state index in [1.165, 1.54) is 23.0 Å². The fraction of sp³-hybridized carbons (Fsp3) is 0.118. The summed E-state index contributed by atoms with van der Waals surface area (Å²) in [5, 5.41) is 0.750. The number of halogens is 4. The zero-order chi connectivity index (χ0) is 18.4. The summed E-state index contributed by atoms with van der Waals surface area (Å²) in [4.78, 5) is 21.1. The van der Waals surface area contributed by atoms with Gasteiger partial charge in [-0.05, 0) is 24.3 Å². The summed E-state index contributed by atoms with van der Waals surface area (Å²) in [6.45, 7) is -2.95. The molecule has 2 aromatic heterocycles. The molecule has 0 amide bonds. The molecule has 2 heterocycles. The van der Waals surface area contributed by atoms with Gasteiger partial charge < -0.3 is 0 Å². The van der Waals surface area contributed by atoms with E-state index >= 15 is 0 Å². The molecule has 0 aliphatic heterocycles. The van der Waals surface area contributed by atoms with E-state index in [0.717, 1.165) is 4.57 Å². The van der Waals surface area contributed by atoms with Gasteiger partial charge in [0.1, 0.15) is 5.82 Å². The number of nitrogens with zero attached hydrogens (tertiary/aromatic N) is 4. The number of para-hydroxylation sites is 2. The van der Waals surface area contributed by atoms with E-state index in [9.17, 15) is 13.6 Å². The van der Waals surface area contributed by atoms with E-state index in [4.69, 9.17) is 23.2 Å². The molecule has 0 aliphatic carbocycles. The Bertz CT molecular complexity index is 1200. The zero-order valence-electron chi connectivity index (χ0n) is 13.0. The quantitative estimate of drug-likeness (QED) is 0.514. The third-order valence-corrected chi connectivity index (χ3v) is 4.53. The van der Waals surface area contributed by atoms with Crippen molar-refractivity contribution in [1.29, 1.82) is 0 Å². The van der Waals surface area contributed by atoms with Crippen LogP contribution in [0.25, 0.3) is 21.9 Å². The highest BCUT2D eigenvalue weighted by Crippen LogP contribution is 2.25. The van der Waals surface area contributed by atoms with Crippen LogP contribution in [0.15, 0.2) is 47.5 Å². The van der Waals surface area contributed by atoms with Crippen LogP contribution in [0.4, 0.5) is 8.78 Å². The Kier molecular flexibility index (Phi) is 4.13. The van der Waals surface area contributed by atoms with Gasteiger partial charge in [0, 0.05) is 5.02 Å². The summed E-state index contributed by atoms with van der Waals surface area (Å²) in [7, 11) is 0. The second-order valence-electron chi connectivity index (χ2n) is 5.63. The van der Waals surface area contributed by atoms with Gasteiger partial charge in [-0.3, -0.25) is 13.9 Å². The van der Waals surface area contributed by atoms with Crippen molar-refractivity contribution in [2.75, 3.05) is 0 Å². The van der Waals surface area contributed by atoms with Crippen LogP contribution in [-0.4, -0.2) is 19.1 Å². The largest absolute Gasteiger partial charge is 0.320 e. The number of benzene rings is 2. The average molecular weight is 395 g/mol. The molecule has 4 aromatic rings. The van der Waals surface area contributed by atoms with Gasteiger partial charge in [-0.25, -0.2) is 9.97 Å². The van der Waals surface area contributed by atoms with Crippen LogP contribution in [0.3, 0.4) is 0 Å². The van der Waals surface area contributed by atoms with Gasteiger partial charge in [0.05, 0.1) is 39.8 Å². The maximum atomic E-state index is 13.5. The van der Waals surface area contributed by atoms with Crippen LogP contribution in [-0.2, 0) is 6.54 Å². The standard InChI is InChI=1S/C17H10Cl2F2N4O/c18-9-5-10-15(11(19)6-9)22-8-24(16(10)26)7-14-23-12-3-1-2-4-13(12)25(14)17(20)21/h1-6,8,17H,7H2. The van der Waals surface area contributed by atoms with Crippen LogP contribution in [0, 0.1) is 0 Å². The van der Waals surface area contributed by atoms with Crippen molar-refractivity contribution in [3.63, 3.8) is 0 Å². The fourth-order valence-corrected chi connectivity index (χ4v) is 3.43. The van der Waals surface area contributed by atoms with Crippen LogP contribution in [0.2, 0.25) is 10.0 Å². The van der Waals surface area contributed by atoms with Crippen LogP contribution in [0.1, 0.15) is 12.4 Å². The predicted octanol–water partition coefficient (Wildman–Crippen LogP) is 4.50. The van der Waals surface area contributed by atoms with E-state index in [0.29, 0.717) is 21.6 Å². The van der Waals surface area contributed by atoms with Gasteiger partial charge in [0.25, 0.3) is 5.56 Å². The Labute approximate surface area is 155 Å². The molecule has 0 N–H and O–H groups in total. The minimum absolute atomic E-state index is 0.0533. The molecular formula is C17H10Cl2F2N4O. The predicted molar refractivity (Wildman–Crippen MR) is 96.1 cm³/mol. The molecule has 0 bridgehead atoms. The second-order valence-corrected chi connectivity index (χ2v) is 6.47. The second kappa shape index (κ2) is 6.34. The summed E-state index contributed by atoms with van der Waals surface area (Å²) in [5.74, 6) is 0.0533. The van der Waals surface area contributed by atoms with Crippen LogP contribution >= 0.6 is 23.2 Å². The summed E-state index contributed by atoms with van der Waals surface area (Å²) < 4.78 is 29.1. The summed E-state index contributed by atoms with van der Waals surface area (Å²) in [6, 6.07) is 9.49. The van der Waals surface area contributed by atoms with E-state index in [2.05, 4.69) is 9.97 Å². The van der Waals surface area contributed by atoms with Crippen molar-refractivity contribution in [3.8, 4) is 0 Å². The maximum Gasteiger partial charge on any atom is 0.320 e. The Morgan fingerprint density at radius 1 is 1.15 bits per heavy atom. The summed E-state index contributed by atoms with van der Waals surface area (Å²) in [5.41, 5.74) is 0.591. The zero-order valence-corrected chi connectivity index (χ0v) is 14.5. The molecule has 26 heavy (non-hydrogen) atoms. The highest BCUT2D eigenvalue weighted by molar-refractivity contribution is 6.38. The van der Waals surface area contributed by atoms with Gasteiger partial charge in [-0.2, -0.15) is 8.78 Å². The Morgan fingerprint density at radius 2 is 1.92 bits per heavy atom. The summed E-state index contributed by atoms with van der Waals surface area (Å²) >= 11 is 12.0. The topological polar surface area (TPSA) is 52.7 Å². The van der Waals surface area contributed by atoms with E-state index in [-0.39, 0.29) is 22.8 Å². The first kappa shape index (κ1) is 16.9. The van der Waals surface area contributed by atoms with Crippen LogP contribution < -0.4 is 5.56 Å². The fourth-order valence-electron chi connectivity index (χ4n) is 2.88. The van der Waals surface area contributed by atoms with Crippen molar-refractivity contribution in [3.05, 3.63) is 68.9 Å². The average Bonchev–Trinajstić information content (AvgIpc) is 2.96. The lowest BCUT2D eigenvalue weighted by atomic mass is 10.2. The molecule has 0 saturated heterocycles. The minimum Gasteiger partial charge on any atom is -0.291 e. The molecule has 0 saturated carbocycles. The van der Waals surface area contributed by atoms with E-state index < -0.39 is 12.1 Å². The molecule has 0 radical (unpaired) electrons. The van der Waals surface area contributed by atoms with Gasteiger partial charge in [0.2, 0.25) is 0 Å². The van der Waals surface area contributed by atoms with Crippen LogP contribution in [0.5, 0.6) is 0 Å². The lowest BCUT2D eigenvalue weighted by Gasteiger charge is -2.10. The number of imidazole rings is 1. The van der Waals surface area contributed by atoms with Gasteiger partial charge in [-0.15, -0.1) is 0 Å². The molecule has 132 valence electrons. The SMILES string of the molecule is O=c1c2cc(Cl)cc(Cl)c2ncn1Cc1nc2ccccc2n1C(F)F. The van der Waals surface area contributed by atoms with Crippen molar-refractivity contribution < 1.29 is 8.78 Å². The molecule has 2 aromatic carbocycles. The molecule has 0 spiro atoms. The third kappa shape index (κ3) is 2.73. The lowest BCUT2D eigenvalue weighted by Crippen LogP contribution is -2.23.